The molecule has 2 fully saturated rings. The molecule has 1 saturated heterocycles. The van der Waals surface area contributed by atoms with Crippen molar-refractivity contribution in [3.8, 4) is 11.3 Å². The predicted molar refractivity (Wildman–Crippen MR) is 133 cm³/mol. The molecule has 0 radical (unpaired) electrons. The number of thiol groups is 1. The highest BCUT2D eigenvalue weighted by atomic mass is 32.2. The Hall–Kier alpha value is -2.59. The molecule has 6 atom stereocenters. The van der Waals surface area contributed by atoms with Crippen LogP contribution in [0.5, 0.6) is 0 Å². The molecule has 2 aromatic heterocycles. The SMILES string of the molecule is Cc1conc1[C@@H]([SH]1C[C@H](O)[C@H](n2cc(-c3cc(F)c(F)c(F)c3)nn2)[C@@H](O)[C@H]1CO)C1(O)CCC(F)(F)CC1. The summed E-state index contributed by atoms with van der Waals surface area (Å²) in [6.07, 6.45) is -1.77. The first-order valence-electron chi connectivity index (χ1n) is 12.7. The number of alkyl halides is 2. The van der Waals surface area contributed by atoms with Crippen LogP contribution < -0.4 is 0 Å². The molecule has 5 rings (SSSR count). The Morgan fingerprint density at radius 3 is 2.35 bits per heavy atom. The molecule has 2 aliphatic rings. The second kappa shape index (κ2) is 10.7. The van der Waals surface area contributed by atoms with E-state index in [1.54, 1.807) is 6.92 Å². The van der Waals surface area contributed by atoms with Crippen molar-refractivity contribution in [2.45, 2.75) is 72.9 Å². The van der Waals surface area contributed by atoms with Crippen LogP contribution in [0, 0.1) is 24.4 Å². The van der Waals surface area contributed by atoms with E-state index in [2.05, 4.69) is 15.5 Å². The normalized spacial score (nSPS) is 29.8. The van der Waals surface area contributed by atoms with Crippen LogP contribution in [0.3, 0.4) is 0 Å². The van der Waals surface area contributed by atoms with Crippen molar-refractivity contribution in [3.63, 3.8) is 0 Å². The maximum absolute atomic E-state index is 14.0. The number of rotatable bonds is 6. The summed E-state index contributed by atoms with van der Waals surface area (Å²) in [4.78, 5) is 0. The number of aliphatic hydroxyl groups is 4. The van der Waals surface area contributed by atoms with E-state index < -0.39 is 88.1 Å². The lowest BCUT2D eigenvalue weighted by atomic mass is 9.79. The summed E-state index contributed by atoms with van der Waals surface area (Å²) in [6, 6.07) is 0.307. The second-order valence-electron chi connectivity index (χ2n) is 10.6. The van der Waals surface area contributed by atoms with Crippen LogP contribution in [0.15, 0.2) is 29.1 Å². The molecule has 0 bridgehead atoms. The van der Waals surface area contributed by atoms with Gasteiger partial charge in [0.25, 0.3) is 0 Å². The number of aryl methyl sites for hydroxylation is 1. The largest absolute Gasteiger partial charge is 0.395 e. The molecule has 9 nitrogen and oxygen atoms in total. The predicted octanol–water partition coefficient (Wildman–Crippen LogP) is 2.98. The van der Waals surface area contributed by atoms with Crippen LogP contribution in [-0.2, 0) is 0 Å². The van der Waals surface area contributed by atoms with Crippen molar-refractivity contribution < 1.29 is 46.9 Å². The maximum Gasteiger partial charge on any atom is 0.248 e. The lowest BCUT2D eigenvalue weighted by molar-refractivity contribution is -0.105. The summed E-state index contributed by atoms with van der Waals surface area (Å²) in [5, 5.41) is 54.7. The van der Waals surface area contributed by atoms with Gasteiger partial charge in [0.15, 0.2) is 17.5 Å². The Kier molecular flexibility index (Phi) is 7.72. The van der Waals surface area contributed by atoms with Crippen molar-refractivity contribution >= 4 is 10.9 Å². The first-order chi connectivity index (χ1) is 18.8. The van der Waals surface area contributed by atoms with Crippen LogP contribution in [0.25, 0.3) is 11.3 Å². The molecule has 3 aromatic rings. The Balaban J connectivity index is 1.47. The monoisotopic (exact) mass is 592 g/mol. The number of nitrogens with zero attached hydrogens (tertiary/aromatic N) is 4. The summed E-state index contributed by atoms with van der Waals surface area (Å²) in [5.41, 5.74) is -0.953. The smallest absolute Gasteiger partial charge is 0.248 e. The number of benzene rings is 1. The molecule has 1 aliphatic carbocycles. The Labute approximate surface area is 227 Å². The van der Waals surface area contributed by atoms with Gasteiger partial charge in [0.1, 0.15) is 23.7 Å². The average molecular weight is 593 g/mol. The molecule has 1 aromatic carbocycles. The number of aromatic nitrogens is 4. The van der Waals surface area contributed by atoms with Crippen molar-refractivity contribution in [2.24, 2.45) is 0 Å². The summed E-state index contributed by atoms with van der Waals surface area (Å²) >= 11 is 0. The quantitative estimate of drug-likeness (QED) is 0.167. The number of aliphatic hydroxyl groups excluding tert-OH is 3. The highest BCUT2D eigenvalue weighted by Gasteiger charge is 2.54. The van der Waals surface area contributed by atoms with Gasteiger partial charge < -0.3 is 24.9 Å². The number of halogens is 5. The topological polar surface area (TPSA) is 138 Å². The molecule has 3 heterocycles. The highest BCUT2D eigenvalue weighted by molar-refractivity contribution is 8.18. The van der Waals surface area contributed by atoms with Gasteiger partial charge in [-0.2, -0.15) is 0 Å². The van der Waals surface area contributed by atoms with Crippen LogP contribution in [-0.4, -0.2) is 81.9 Å². The second-order valence-corrected chi connectivity index (χ2v) is 13.2. The minimum atomic E-state index is -2.93. The lowest BCUT2D eigenvalue weighted by Gasteiger charge is -2.52. The van der Waals surface area contributed by atoms with Gasteiger partial charge in [0.2, 0.25) is 5.92 Å². The molecule has 1 aliphatic heterocycles. The molecule has 0 spiro atoms. The van der Waals surface area contributed by atoms with Crippen molar-refractivity contribution in [2.75, 3.05) is 12.4 Å². The van der Waals surface area contributed by atoms with Crippen molar-refractivity contribution in [3.05, 3.63) is 53.3 Å². The minimum absolute atomic E-state index is 0.0348. The average Bonchev–Trinajstić information content (AvgIpc) is 3.54. The summed E-state index contributed by atoms with van der Waals surface area (Å²) < 4.78 is 75.2. The van der Waals surface area contributed by atoms with E-state index in [1.807, 2.05) is 0 Å². The van der Waals surface area contributed by atoms with Crippen LogP contribution in [0.4, 0.5) is 22.0 Å². The fourth-order valence-electron chi connectivity index (χ4n) is 5.81. The molecular formula is C25H29F5N4O5S. The van der Waals surface area contributed by atoms with Gasteiger partial charge in [-0.25, -0.2) is 37.5 Å². The van der Waals surface area contributed by atoms with Gasteiger partial charge in [-0.15, -0.1) is 5.10 Å². The van der Waals surface area contributed by atoms with E-state index >= 15 is 0 Å². The van der Waals surface area contributed by atoms with E-state index in [4.69, 9.17) is 4.52 Å². The Morgan fingerprint density at radius 2 is 1.77 bits per heavy atom. The molecule has 4 N–H and O–H groups in total. The summed E-state index contributed by atoms with van der Waals surface area (Å²) in [5.74, 6) is -7.47. The third-order valence-corrected chi connectivity index (χ3v) is 11.5. The van der Waals surface area contributed by atoms with Gasteiger partial charge in [-0.05, 0) is 31.9 Å². The first kappa shape index (κ1) is 28.9. The van der Waals surface area contributed by atoms with Gasteiger partial charge in [-0.3, -0.25) is 0 Å². The standard InChI is InChI=1S/C25H29F5N4O5S/c1-12-10-39-32-20(12)23(24(38)2-4-25(29,30)5-3-24)40-11-17(36)21(22(37)18(40)9-35)34-8-16(31-33-34)13-6-14(26)19(28)15(27)7-13/h6-8,10,17-18,21-23,35-38,40H,2-5,9,11H2,1H3/t17-,18+,21-,22-,23+/m0/s1. The van der Waals surface area contributed by atoms with E-state index in [0.717, 1.165) is 16.8 Å². The summed E-state index contributed by atoms with van der Waals surface area (Å²) in [7, 11) is -1.68. The van der Waals surface area contributed by atoms with E-state index in [-0.39, 0.29) is 29.9 Å². The molecular weight excluding hydrogens is 563 g/mol. The van der Waals surface area contributed by atoms with E-state index in [1.165, 1.54) is 12.5 Å². The molecule has 220 valence electrons. The molecule has 15 heteroatoms. The zero-order valence-electron chi connectivity index (χ0n) is 21.3. The zero-order valence-corrected chi connectivity index (χ0v) is 22.2. The van der Waals surface area contributed by atoms with E-state index in [9.17, 15) is 42.4 Å². The third-order valence-electron chi connectivity index (χ3n) is 7.98. The fraction of sp³-hybridized carbons (Fsp3) is 0.560. The number of hydrogen-bond donors (Lipinski definition) is 5. The molecule has 1 saturated carbocycles. The van der Waals surface area contributed by atoms with Crippen molar-refractivity contribution in [1.29, 1.82) is 0 Å². The van der Waals surface area contributed by atoms with Gasteiger partial charge in [-0.1, -0.05) is 10.4 Å². The van der Waals surface area contributed by atoms with E-state index in [0.29, 0.717) is 11.3 Å². The Morgan fingerprint density at radius 1 is 1.12 bits per heavy atom. The first-order valence-corrected chi connectivity index (χ1v) is 14.3. The van der Waals surface area contributed by atoms with Gasteiger partial charge >= 0.3 is 0 Å². The Bertz CT molecular complexity index is 1340. The molecule has 0 amide bonds. The van der Waals surface area contributed by atoms with Crippen LogP contribution in [0.1, 0.15) is 48.2 Å². The summed E-state index contributed by atoms with van der Waals surface area (Å²) in [6.45, 7) is 1.12. The van der Waals surface area contributed by atoms with Gasteiger partial charge in [0, 0.05) is 35.0 Å². The third kappa shape index (κ3) is 5.13. The van der Waals surface area contributed by atoms with Gasteiger partial charge in [0.05, 0.1) is 35.9 Å². The lowest BCUT2D eigenvalue weighted by Crippen LogP contribution is -2.53. The fourth-order valence-corrected chi connectivity index (χ4v) is 9.55. The van der Waals surface area contributed by atoms with Crippen molar-refractivity contribution in [1.82, 2.24) is 20.2 Å². The van der Waals surface area contributed by atoms with Crippen LogP contribution >= 0.6 is 10.9 Å². The molecule has 1 unspecified atom stereocenters. The molecule has 40 heavy (non-hydrogen) atoms. The van der Waals surface area contributed by atoms with Crippen LogP contribution in [0.2, 0.25) is 0 Å². The zero-order chi connectivity index (χ0) is 29.0. The maximum atomic E-state index is 14.0. The highest BCUT2D eigenvalue weighted by Crippen LogP contribution is 2.61. The minimum Gasteiger partial charge on any atom is -0.395 e. The number of hydrogen-bond acceptors (Lipinski definition) is 8.